The van der Waals surface area contributed by atoms with E-state index in [1.807, 2.05) is 13.8 Å². The van der Waals surface area contributed by atoms with E-state index in [0.29, 0.717) is 0 Å². The maximum atomic E-state index is 11.8. The molecular weight excluding hydrogens is 220 g/mol. The first-order valence-electron chi connectivity index (χ1n) is 5.83. The first-order valence-corrected chi connectivity index (χ1v) is 5.83. The Morgan fingerprint density at radius 3 is 1.94 bits per heavy atom. The van der Waals surface area contributed by atoms with Crippen molar-refractivity contribution in [2.45, 2.75) is 59.2 Å². The minimum atomic E-state index is -0.607. The molecule has 0 rings (SSSR count). The van der Waals surface area contributed by atoms with Crippen molar-refractivity contribution >= 4 is 11.9 Å². The maximum absolute atomic E-state index is 11.8. The highest BCUT2D eigenvalue weighted by Gasteiger charge is 2.28. The molecule has 1 amide bonds. The zero-order valence-electron chi connectivity index (χ0n) is 11.5. The number of Topliss-reactive ketones (excluding diaryl/α,β-unsaturated/α-hetero) is 1. The first kappa shape index (κ1) is 15.9. The molecule has 0 aromatic heterocycles. The molecule has 0 saturated heterocycles. The van der Waals surface area contributed by atoms with Crippen LogP contribution in [0.1, 0.15) is 41.5 Å². The number of ether oxygens (including phenoxy) is 1. The summed E-state index contributed by atoms with van der Waals surface area (Å²) < 4.78 is 5.11. The van der Waals surface area contributed by atoms with Crippen molar-refractivity contribution in [1.82, 2.24) is 5.32 Å². The van der Waals surface area contributed by atoms with Crippen LogP contribution >= 0.6 is 0 Å². The van der Waals surface area contributed by atoms with Crippen LogP contribution in [-0.2, 0) is 9.53 Å². The molecule has 0 fully saturated rings. The third-order valence-electron chi connectivity index (χ3n) is 2.09. The Bertz CT molecular complexity index is 280. The van der Waals surface area contributed by atoms with Crippen LogP contribution in [0, 0.1) is 5.92 Å². The van der Waals surface area contributed by atoms with Gasteiger partial charge in [0, 0.05) is 0 Å². The lowest BCUT2D eigenvalue weighted by Crippen LogP contribution is -2.51. The molecule has 0 aliphatic rings. The lowest BCUT2D eigenvalue weighted by atomic mass is 9.96. The van der Waals surface area contributed by atoms with E-state index >= 15 is 0 Å². The monoisotopic (exact) mass is 244 g/mol. The SMILES string of the molecule is CC(N)C(=O)C(NC(=O)OC(C)(C)C)C(C)C. The summed E-state index contributed by atoms with van der Waals surface area (Å²) in [6.45, 7) is 10.6. The van der Waals surface area contributed by atoms with Crippen molar-refractivity contribution < 1.29 is 14.3 Å². The van der Waals surface area contributed by atoms with Crippen molar-refractivity contribution in [3.8, 4) is 0 Å². The van der Waals surface area contributed by atoms with Crippen LogP contribution in [0.25, 0.3) is 0 Å². The van der Waals surface area contributed by atoms with E-state index in [0.717, 1.165) is 0 Å². The average molecular weight is 244 g/mol. The Labute approximate surface area is 103 Å². The van der Waals surface area contributed by atoms with E-state index < -0.39 is 23.8 Å². The quantitative estimate of drug-likeness (QED) is 0.784. The Morgan fingerprint density at radius 2 is 1.65 bits per heavy atom. The molecule has 17 heavy (non-hydrogen) atoms. The summed E-state index contributed by atoms with van der Waals surface area (Å²) in [6, 6.07) is -1.21. The fourth-order valence-electron chi connectivity index (χ4n) is 1.28. The summed E-state index contributed by atoms with van der Waals surface area (Å²) in [5, 5.41) is 2.56. The maximum Gasteiger partial charge on any atom is 0.408 e. The summed E-state index contributed by atoms with van der Waals surface area (Å²) in [4.78, 5) is 23.4. The number of hydrogen-bond donors (Lipinski definition) is 2. The van der Waals surface area contributed by atoms with Crippen LogP contribution in [0.4, 0.5) is 4.79 Å². The first-order chi connectivity index (χ1) is 7.54. The summed E-state index contributed by atoms with van der Waals surface area (Å²) in [6.07, 6.45) is -0.592. The number of nitrogens with one attached hydrogen (secondary N) is 1. The highest BCUT2D eigenvalue weighted by Crippen LogP contribution is 2.09. The summed E-state index contributed by atoms with van der Waals surface area (Å²) in [5.74, 6) is -0.216. The highest BCUT2D eigenvalue weighted by atomic mass is 16.6. The Balaban J connectivity index is 4.57. The number of carbonyl (C=O) groups is 2. The summed E-state index contributed by atoms with van der Waals surface area (Å²) in [7, 11) is 0. The van der Waals surface area contributed by atoms with Gasteiger partial charge in [-0.25, -0.2) is 4.79 Å². The molecule has 2 atom stereocenters. The molecule has 5 heteroatoms. The van der Waals surface area contributed by atoms with Crippen molar-refractivity contribution in [3.63, 3.8) is 0 Å². The predicted octanol–water partition coefficient (Wildman–Crippen LogP) is 1.45. The molecule has 3 N–H and O–H groups in total. The summed E-state index contributed by atoms with van der Waals surface area (Å²) >= 11 is 0. The van der Waals surface area contributed by atoms with Gasteiger partial charge in [0.15, 0.2) is 5.78 Å². The van der Waals surface area contributed by atoms with Gasteiger partial charge >= 0.3 is 6.09 Å². The minimum absolute atomic E-state index is 0.0268. The van der Waals surface area contributed by atoms with Gasteiger partial charge in [0.1, 0.15) is 5.60 Å². The molecular formula is C12H24N2O3. The number of rotatable bonds is 4. The number of nitrogens with two attached hydrogens (primary N) is 1. The van der Waals surface area contributed by atoms with Gasteiger partial charge in [0.25, 0.3) is 0 Å². The van der Waals surface area contributed by atoms with Gasteiger partial charge in [-0.3, -0.25) is 4.79 Å². The minimum Gasteiger partial charge on any atom is -0.444 e. The van der Waals surface area contributed by atoms with Crippen molar-refractivity contribution in [3.05, 3.63) is 0 Å². The van der Waals surface area contributed by atoms with Gasteiger partial charge in [-0.2, -0.15) is 0 Å². The van der Waals surface area contributed by atoms with Crippen LogP contribution in [0.2, 0.25) is 0 Å². The van der Waals surface area contributed by atoms with E-state index in [4.69, 9.17) is 10.5 Å². The number of hydrogen-bond acceptors (Lipinski definition) is 4. The molecule has 100 valence electrons. The normalized spacial score (nSPS) is 15.3. The standard InChI is InChI=1S/C12H24N2O3/c1-7(2)9(10(15)8(3)13)14-11(16)17-12(4,5)6/h7-9H,13H2,1-6H3,(H,14,16). The zero-order valence-corrected chi connectivity index (χ0v) is 11.5. The highest BCUT2D eigenvalue weighted by molar-refractivity contribution is 5.91. The molecule has 0 aliphatic carbocycles. The Hall–Kier alpha value is -1.10. The van der Waals surface area contributed by atoms with Gasteiger partial charge in [-0.1, -0.05) is 13.8 Å². The molecule has 0 heterocycles. The van der Waals surface area contributed by atoms with Gasteiger partial charge in [-0.05, 0) is 33.6 Å². The van der Waals surface area contributed by atoms with E-state index in [1.165, 1.54) is 0 Å². The second-order valence-corrected chi connectivity index (χ2v) is 5.56. The molecule has 0 spiro atoms. The topological polar surface area (TPSA) is 81.4 Å². The largest absolute Gasteiger partial charge is 0.444 e. The molecule has 0 saturated carbocycles. The second kappa shape index (κ2) is 6.00. The lowest BCUT2D eigenvalue weighted by Gasteiger charge is -2.25. The van der Waals surface area contributed by atoms with Crippen molar-refractivity contribution in [2.24, 2.45) is 11.7 Å². The average Bonchev–Trinajstić information content (AvgIpc) is 2.09. The molecule has 0 aromatic rings. The molecule has 0 bridgehead atoms. The van der Waals surface area contributed by atoms with E-state index in [-0.39, 0.29) is 11.7 Å². The van der Waals surface area contributed by atoms with Gasteiger partial charge in [0.2, 0.25) is 0 Å². The van der Waals surface area contributed by atoms with Gasteiger partial charge < -0.3 is 15.8 Å². The molecule has 0 radical (unpaired) electrons. The van der Waals surface area contributed by atoms with Crippen molar-refractivity contribution in [2.75, 3.05) is 0 Å². The molecule has 2 unspecified atom stereocenters. The number of carbonyl (C=O) groups excluding carboxylic acids is 2. The predicted molar refractivity (Wildman–Crippen MR) is 66.7 cm³/mol. The molecule has 5 nitrogen and oxygen atoms in total. The fourth-order valence-corrected chi connectivity index (χ4v) is 1.28. The zero-order chi connectivity index (χ0) is 13.8. The summed E-state index contributed by atoms with van der Waals surface area (Å²) in [5.41, 5.74) is 4.96. The van der Waals surface area contributed by atoms with E-state index in [9.17, 15) is 9.59 Å². The number of amides is 1. The second-order valence-electron chi connectivity index (χ2n) is 5.56. The Morgan fingerprint density at radius 1 is 1.18 bits per heavy atom. The van der Waals surface area contributed by atoms with Gasteiger partial charge in [-0.15, -0.1) is 0 Å². The molecule has 0 aromatic carbocycles. The Kier molecular flexibility index (Phi) is 5.61. The third kappa shape index (κ3) is 6.26. The van der Waals surface area contributed by atoms with Crippen LogP contribution < -0.4 is 11.1 Å². The third-order valence-corrected chi connectivity index (χ3v) is 2.09. The van der Waals surface area contributed by atoms with Crippen molar-refractivity contribution in [1.29, 1.82) is 0 Å². The van der Waals surface area contributed by atoms with Crippen LogP contribution in [-0.4, -0.2) is 29.6 Å². The number of alkyl carbamates (subject to hydrolysis) is 1. The lowest BCUT2D eigenvalue weighted by molar-refractivity contribution is -0.123. The van der Waals surface area contributed by atoms with Crippen LogP contribution in [0.3, 0.4) is 0 Å². The van der Waals surface area contributed by atoms with Crippen LogP contribution in [0.5, 0.6) is 0 Å². The van der Waals surface area contributed by atoms with E-state index in [1.54, 1.807) is 27.7 Å². The van der Waals surface area contributed by atoms with Crippen LogP contribution in [0.15, 0.2) is 0 Å². The molecule has 0 aliphatic heterocycles. The van der Waals surface area contributed by atoms with E-state index in [2.05, 4.69) is 5.32 Å². The smallest absolute Gasteiger partial charge is 0.408 e. The fraction of sp³-hybridized carbons (Fsp3) is 0.833. The van der Waals surface area contributed by atoms with Gasteiger partial charge in [0.05, 0.1) is 12.1 Å². The number of ketones is 1.